The van der Waals surface area contributed by atoms with Gasteiger partial charge in [-0.05, 0) is 24.1 Å². The molecule has 0 N–H and O–H groups in total. The van der Waals surface area contributed by atoms with Crippen molar-refractivity contribution in [3.05, 3.63) is 75.3 Å². The molecule has 0 atom stereocenters. The first-order valence-corrected chi connectivity index (χ1v) is 9.62. The maximum atomic E-state index is 12.7. The number of amides is 1. The van der Waals surface area contributed by atoms with Crippen molar-refractivity contribution in [1.29, 1.82) is 0 Å². The Morgan fingerprint density at radius 1 is 1.00 bits per heavy atom. The Morgan fingerprint density at radius 2 is 1.70 bits per heavy atom. The average Bonchev–Trinajstić information content (AvgIpc) is 2.93. The van der Waals surface area contributed by atoms with E-state index in [2.05, 4.69) is 4.90 Å². The topological polar surface area (TPSA) is 66.7 Å². The minimum Gasteiger partial charge on any atom is -0.341 e. The lowest BCUT2D eigenvalue weighted by atomic mass is 10.1. The van der Waals surface area contributed by atoms with Crippen LogP contribution in [0, 0.1) is 10.1 Å². The molecular weight excluding hydrogens is 399 g/mol. The summed E-state index contributed by atoms with van der Waals surface area (Å²) >= 11 is 0. The van der Waals surface area contributed by atoms with Crippen molar-refractivity contribution in [3.63, 3.8) is 0 Å². The number of para-hydroxylation sites is 1. The number of nitro benzene ring substituents is 1. The van der Waals surface area contributed by atoms with E-state index in [1.54, 1.807) is 23.1 Å². The lowest BCUT2D eigenvalue weighted by Crippen LogP contribution is -2.36. The van der Waals surface area contributed by atoms with Crippen LogP contribution in [0.3, 0.4) is 0 Å². The van der Waals surface area contributed by atoms with Crippen molar-refractivity contribution in [2.24, 2.45) is 0 Å². The van der Waals surface area contributed by atoms with Crippen LogP contribution < -0.4 is 0 Å². The normalized spacial score (nSPS) is 15.6. The number of carbonyl (C=O) groups excluding carboxylic acids is 1. The number of rotatable bonds is 5. The Balaban J connectivity index is 1.57. The van der Waals surface area contributed by atoms with Crippen LogP contribution in [0.25, 0.3) is 0 Å². The summed E-state index contributed by atoms with van der Waals surface area (Å²) in [6.07, 6.45) is -3.66. The lowest BCUT2D eigenvalue weighted by Gasteiger charge is -2.22. The fraction of sp³-hybridized carbons (Fsp3) is 0.381. The summed E-state index contributed by atoms with van der Waals surface area (Å²) in [5.41, 5.74) is 0.430. The zero-order valence-electron chi connectivity index (χ0n) is 16.3. The molecule has 2 aromatic carbocycles. The number of benzene rings is 2. The Hall–Kier alpha value is -2.94. The van der Waals surface area contributed by atoms with Gasteiger partial charge in [0.15, 0.2) is 0 Å². The molecule has 1 heterocycles. The van der Waals surface area contributed by atoms with Crippen LogP contribution >= 0.6 is 0 Å². The van der Waals surface area contributed by atoms with Gasteiger partial charge >= 0.3 is 6.18 Å². The van der Waals surface area contributed by atoms with Crippen LogP contribution in [0.2, 0.25) is 0 Å². The van der Waals surface area contributed by atoms with E-state index in [1.165, 1.54) is 18.2 Å². The monoisotopic (exact) mass is 421 g/mol. The molecule has 0 unspecified atom stereocenters. The van der Waals surface area contributed by atoms with Crippen molar-refractivity contribution in [2.45, 2.75) is 25.6 Å². The molecule has 0 bridgehead atoms. The molecule has 9 heteroatoms. The molecule has 6 nitrogen and oxygen atoms in total. The van der Waals surface area contributed by atoms with Crippen LogP contribution in [0.5, 0.6) is 0 Å². The third kappa shape index (κ3) is 5.56. The molecule has 1 saturated heterocycles. The van der Waals surface area contributed by atoms with Crippen molar-refractivity contribution >= 4 is 11.6 Å². The molecular formula is C21H22F3N3O3. The Morgan fingerprint density at radius 3 is 2.37 bits per heavy atom. The molecule has 1 aliphatic rings. The van der Waals surface area contributed by atoms with Crippen molar-refractivity contribution in [3.8, 4) is 0 Å². The second kappa shape index (κ2) is 9.25. The van der Waals surface area contributed by atoms with Gasteiger partial charge in [-0.1, -0.05) is 30.3 Å². The smallest absolute Gasteiger partial charge is 0.341 e. The van der Waals surface area contributed by atoms with E-state index in [4.69, 9.17) is 0 Å². The Kier molecular flexibility index (Phi) is 6.71. The van der Waals surface area contributed by atoms with Gasteiger partial charge in [0.2, 0.25) is 5.91 Å². The second-order valence-corrected chi connectivity index (χ2v) is 7.27. The van der Waals surface area contributed by atoms with Gasteiger partial charge in [-0.15, -0.1) is 0 Å². The fourth-order valence-electron chi connectivity index (χ4n) is 3.55. The molecule has 0 spiro atoms. The molecule has 0 aromatic heterocycles. The van der Waals surface area contributed by atoms with Crippen LogP contribution in [0.1, 0.15) is 23.1 Å². The maximum absolute atomic E-state index is 12.7. The molecule has 30 heavy (non-hydrogen) atoms. The van der Waals surface area contributed by atoms with E-state index in [1.807, 2.05) is 0 Å². The summed E-state index contributed by atoms with van der Waals surface area (Å²) in [5.74, 6) is -0.166. The van der Waals surface area contributed by atoms with Crippen LogP contribution in [0.15, 0.2) is 48.5 Å². The highest BCUT2D eigenvalue weighted by atomic mass is 19.4. The molecule has 0 saturated carbocycles. The van der Waals surface area contributed by atoms with Crippen molar-refractivity contribution in [2.75, 3.05) is 26.2 Å². The van der Waals surface area contributed by atoms with Gasteiger partial charge in [0, 0.05) is 44.4 Å². The number of nitro groups is 1. The summed E-state index contributed by atoms with van der Waals surface area (Å²) in [7, 11) is 0. The summed E-state index contributed by atoms with van der Waals surface area (Å²) in [6, 6.07) is 11.3. The standard InChI is InChI=1S/C21H22F3N3O3/c22-21(23,24)18-8-6-16(7-9-18)15-25-10-3-11-26(13-12-25)20(28)14-17-4-1-2-5-19(17)27(29)30/h1-2,4-9H,3,10-15H2. The number of halogens is 3. The van der Waals surface area contributed by atoms with Gasteiger partial charge in [0.25, 0.3) is 5.69 Å². The SMILES string of the molecule is O=C(Cc1ccccc1[N+](=O)[O-])N1CCCN(Cc2ccc(C(F)(F)F)cc2)CC1. The summed E-state index contributed by atoms with van der Waals surface area (Å²) in [4.78, 5) is 27.1. The first kappa shape index (κ1) is 21.8. The Bertz CT molecular complexity index is 900. The van der Waals surface area contributed by atoms with Crippen LogP contribution in [-0.4, -0.2) is 46.8 Å². The molecule has 3 rings (SSSR count). The summed E-state index contributed by atoms with van der Waals surface area (Å²) in [5, 5.41) is 11.1. The molecule has 0 aliphatic carbocycles. The summed E-state index contributed by atoms with van der Waals surface area (Å²) < 4.78 is 38.1. The molecule has 1 amide bonds. The third-order valence-electron chi connectivity index (χ3n) is 5.16. The van der Waals surface area contributed by atoms with E-state index >= 15 is 0 Å². The number of hydrogen-bond acceptors (Lipinski definition) is 4. The largest absolute Gasteiger partial charge is 0.416 e. The van der Waals surface area contributed by atoms with E-state index in [-0.39, 0.29) is 18.0 Å². The molecule has 1 aliphatic heterocycles. The van der Waals surface area contributed by atoms with Gasteiger partial charge in [-0.2, -0.15) is 13.2 Å². The van der Waals surface area contributed by atoms with Gasteiger partial charge < -0.3 is 4.90 Å². The first-order chi connectivity index (χ1) is 14.2. The van der Waals surface area contributed by atoms with Crippen molar-refractivity contribution in [1.82, 2.24) is 9.80 Å². The fourth-order valence-corrected chi connectivity index (χ4v) is 3.55. The number of carbonyl (C=O) groups is 1. The number of alkyl halides is 3. The molecule has 2 aromatic rings. The van der Waals surface area contributed by atoms with Gasteiger partial charge in [-0.25, -0.2) is 0 Å². The predicted octanol–water partition coefficient (Wildman–Crippen LogP) is 3.89. The second-order valence-electron chi connectivity index (χ2n) is 7.27. The first-order valence-electron chi connectivity index (χ1n) is 9.62. The molecule has 160 valence electrons. The van der Waals surface area contributed by atoms with Crippen molar-refractivity contribution < 1.29 is 22.9 Å². The van der Waals surface area contributed by atoms with E-state index in [0.29, 0.717) is 31.7 Å². The number of hydrogen-bond donors (Lipinski definition) is 0. The zero-order valence-corrected chi connectivity index (χ0v) is 16.3. The van der Waals surface area contributed by atoms with Crippen LogP contribution in [-0.2, 0) is 23.9 Å². The minimum absolute atomic E-state index is 0.0317. The van der Waals surface area contributed by atoms with E-state index < -0.39 is 16.7 Å². The van der Waals surface area contributed by atoms with E-state index in [0.717, 1.165) is 30.7 Å². The maximum Gasteiger partial charge on any atom is 0.416 e. The average molecular weight is 421 g/mol. The van der Waals surface area contributed by atoms with Gasteiger partial charge in [0.1, 0.15) is 0 Å². The van der Waals surface area contributed by atoms with Crippen LogP contribution in [0.4, 0.5) is 18.9 Å². The zero-order chi connectivity index (χ0) is 21.7. The highest BCUT2D eigenvalue weighted by Gasteiger charge is 2.30. The Labute approximate surface area is 172 Å². The minimum atomic E-state index is -4.35. The van der Waals surface area contributed by atoms with Gasteiger partial charge in [0.05, 0.1) is 16.9 Å². The number of nitrogens with zero attached hydrogens (tertiary/aromatic N) is 3. The van der Waals surface area contributed by atoms with E-state index in [9.17, 15) is 28.1 Å². The van der Waals surface area contributed by atoms with Gasteiger partial charge in [-0.3, -0.25) is 19.8 Å². The highest BCUT2D eigenvalue weighted by Crippen LogP contribution is 2.29. The molecule has 0 radical (unpaired) electrons. The quantitative estimate of drug-likeness (QED) is 0.543. The lowest BCUT2D eigenvalue weighted by molar-refractivity contribution is -0.385. The molecule has 1 fully saturated rings. The highest BCUT2D eigenvalue weighted by molar-refractivity contribution is 5.80. The third-order valence-corrected chi connectivity index (χ3v) is 5.16. The summed E-state index contributed by atoms with van der Waals surface area (Å²) in [6.45, 7) is 2.83. The predicted molar refractivity (Wildman–Crippen MR) is 105 cm³/mol.